The maximum absolute atomic E-state index is 12.4. The van der Waals surface area contributed by atoms with Gasteiger partial charge < -0.3 is 10.1 Å². The van der Waals surface area contributed by atoms with Gasteiger partial charge in [0.15, 0.2) is 5.82 Å². The van der Waals surface area contributed by atoms with Crippen LogP contribution >= 0.6 is 11.6 Å². The van der Waals surface area contributed by atoms with Gasteiger partial charge in [0.2, 0.25) is 5.91 Å². The lowest BCUT2D eigenvalue weighted by molar-refractivity contribution is -0.111. The zero-order valence-corrected chi connectivity index (χ0v) is 15.9. The first-order valence-electron chi connectivity index (χ1n) is 8.63. The average molecular weight is 396 g/mol. The van der Waals surface area contributed by atoms with Crippen molar-refractivity contribution in [3.8, 4) is 5.69 Å². The molecular weight excluding hydrogens is 378 g/mol. The molecule has 142 valence electrons. The summed E-state index contributed by atoms with van der Waals surface area (Å²) >= 11 is 5.86. The molecule has 0 unspecified atom stereocenters. The SMILES string of the molecule is CCOC(=O)c1cnn(-c2ccccc2)c1NC(=O)/C=C/c1ccc(Cl)cc1. The van der Waals surface area contributed by atoms with Crippen molar-refractivity contribution in [1.82, 2.24) is 9.78 Å². The molecule has 2 aromatic carbocycles. The van der Waals surface area contributed by atoms with Crippen molar-refractivity contribution in [3.63, 3.8) is 0 Å². The summed E-state index contributed by atoms with van der Waals surface area (Å²) in [5.41, 5.74) is 1.70. The van der Waals surface area contributed by atoms with Crippen LogP contribution in [0.1, 0.15) is 22.8 Å². The molecule has 1 heterocycles. The number of para-hydroxylation sites is 1. The predicted octanol–water partition coefficient (Wildman–Crippen LogP) is 4.35. The summed E-state index contributed by atoms with van der Waals surface area (Å²) in [6.45, 7) is 1.94. The van der Waals surface area contributed by atoms with Gasteiger partial charge in [-0.05, 0) is 42.8 Å². The third kappa shape index (κ3) is 4.66. The van der Waals surface area contributed by atoms with Crippen molar-refractivity contribution >= 4 is 35.4 Å². The number of hydrogen-bond donors (Lipinski definition) is 1. The quantitative estimate of drug-likeness (QED) is 0.497. The molecule has 0 aliphatic rings. The van der Waals surface area contributed by atoms with E-state index < -0.39 is 11.9 Å². The molecule has 0 spiro atoms. The number of nitrogens with one attached hydrogen (secondary N) is 1. The van der Waals surface area contributed by atoms with E-state index in [0.29, 0.717) is 10.7 Å². The van der Waals surface area contributed by atoms with Gasteiger partial charge in [-0.1, -0.05) is 41.9 Å². The first-order chi connectivity index (χ1) is 13.6. The normalized spacial score (nSPS) is 10.8. The molecule has 0 atom stereocenters. The van der Waals surface area contributed by atoms with Crippen LogP contribution in [0.2, 0.25) is 5.02 Å². The number of rotatable bonds is 6. The van der Waals surface area contributed by atoms with Gasteiger partial charge in [-0.15, -0.1) is 0 Å². The smallest absolute Gasteiger partial charge is 0.343 e. The van der Waals surface area contributed by atoms with E-state index in [4.69, 9.17) is 16.3 Å². The Balaban J connectivity index is 1.88. The van der Waals surface area contributed by atoms with Crippen molar-refractivity contribution in [2.75, 3.05) is 11.9 Å². The van der Waals surface area contributed by atoms with E-state index in [1.807, 2.05) is 30.3 Å². The number of esters is 1. The summed E-state index contributed by atoms with van der Waals surface area (Å²) in [4.78, 5) is 24.7. The zero-order chi connectivity index (χ0) is 19.9. The number of ether oxygens (including phenoxy) is 1. The second-order valence-corrected chi connectivity index (χ2v) is 6.19. The summed E-state index contributed by atoms with van der Waals surface area (Å²) in [5.74, 6) is -0.713. The Bertz CT molecular complexity index is 995. The van der Waals surface area contributed by atoms with Crippen molar-refractivity contribution in [1.29, 1.82) is 0 Å². The highest BCUT2D eigenvalue weighted by atomic mass is 35.5. The van der Waals surface area contributed by atoms with Gasteiger partial charge in [0, 0.05) is 11.1 Å². The van der Waals surface area contributed by atoms with E-state index in [1.54, 1.807) is 37.3 Å². The predicted molar refractivity (Wildman–Crippen MR) is 109 cm³/mol. The van der Waals surface area contributed by atoms with Gasteiger partial charge in [-0.25, -0.2) is 9.48 Å². The fourth-order valence-corrected chi connectivity index (χ4v) is 2.62. The number of carbonyl (C=O) groups is 2. The molecule has 1 N–H and O–H groups in total. The van der Waals surface area contributed by atoms with Crippen molar-refractivity contribution in [2.45, 2.75) is 6.92 Å². The van der Waals surface area contributed by atoms with E-state index in [0.717, 1.165) is 5.56 Å². The summed E-state index contributed by atoms with van der Waals surface area (Å²) in [5, 5.41) is 7.58. The monoisotopic (exact) mass is 395 g/mol. The number of anilines is 1. The Morgan fingerprint density at radius 3 is 2.54 bits per heavy atom. The maximum Gasteiger partial charge on any atom is 0.343 e. The number of aromatic nitrogens is 2. The molecule has 6 nitrogen and oxygen atoms in total. The van der Waals surface area contributed by atoms with E-state index in [2.05, 4.69) is 10.4 Å². The van der Waals surface area contributed by atoms with Crippen LogP contribution in [0.5, 0.6) is 0 Å². The molecule has 0 fully saturated rings. The van der Waals surface area contributed by atoms with E-state index in [-0.39, 0.29) is 18.0 Å². The first kappa shape index (κ1) is 19.4. The molecule has 1 amide bonds. The molecule has 7 heteroatoms. The molecule has 3 aromatic rings. The Kier molecular flexibility index (Phi) is 6.24. The lowest BCUT2D eigenvalue weighted by Crippen LogP contribution is -2.16. The summed E-state index contributed by atoms with van der Waals surface area (Å²) < 4.78 is 6.55. The Morgan fingerprint density at radius 2 is 1.86 bits per heavy atom. The highest BCUT2D eigenvalue weighted by Crippen LogP contribution is 2.21. The molecule has 0 aliphatic heterocycles. The van der Waals surface area contributed by atoms with E-state index in [9.17, 15) is 9.59 Å². The molecule has 1 aromatic heterocycles. The van der Waals surface area contributed by atoms with Gasteiger partial charge in [-0.3, -0.25) is 4.79 Å². The van der Waals surface area contributed by atoms with Crippen LogP contribution < -0.4 is 5.32 Å². The largest absolute Gasteiger partial charge is 0.462 e. The zero-order valence-electron chi connectivity index (χ0n) is 15.1. The highest BCUT2D eigenvalue weighted by molar-refractivity contribution is 6.30. The Hall–Kier alpha value is -3.38. The van der Waals surface area contributed by atoms with E-state index >= 15 is 0 Å². The number of halogens is 1. The van der Waals surface area contributed by atoms with Crippen LogP contribution in [-0.4, -0.2) is 28.3 Å². The highest BCUT2D eigenvalue weighted by Gasteiger charge is 2.20. The van der Waals surface area contributed by atoms with Crippen molar-refractivity contribution in [2.24, 2.45) is 0 Å². The summed E-state index contributed by atoms with van der Waals surface area (Å²) in [7, 11) is 0. The van der Waals surface area contributed by atoms with E-state index in [1.165, 1.54) is 17.0 Å². The number of carbonyl (C=O) groups excluding carboxylic acids is 2. The molecule has 0 saturated carbocycles. The van der Waals surface area contributed by atoms with Gasteiger partial charge in [0.1, 0.15) is 5.56 Å². The minimum Gasteiger partial charge on any atom is -0.462 e. The number of benzene rings is 2. The molecule has 3 rings (SSSR count). The summed E-state index contributed by atoms with van der Waals surface area (Å²) in [6, 6.07) is 16.3. The maximum atomic E-state index is 12.4. The fourth-order valence-electron chi connectivity index (χ4n) is 2.50. The number of amides is 1. The topological polar surface area (TPSA) is 73.2 Å². The average Bonchev–Trinajstić information content (AvgIpc) is 3.12. The van der Waals surface area contributed by atoms with Crippen LogP contribution in [0.3, 0.4) is 0 Å². The second kappa shape index (κ2) is 9.01. The molecule has 28 heavy (non-hydrogen) atoms. The van der Waals surface area contributed by atoms with Gasteiger partial charge in [0.25, 0.3) is 0 Å². The van der Waals surface area contributed by atoms with Crippen molar-refractivity contribution < 1.29 is 14.3 Å². The molecule has 0 aliphatic carbocycles. The Morgan fingerprint density at radius 1 is 1.14 bits per heavy atom. The van der Waals surface area contributed by atoms with Gasteiger partial charge in [-0.2, -0.15) is 5.10 Å². The van der Waals surface area contributed by atoms with Crippen LogP contribution in [0.15, 0.2) is 66.9 Å². The first-order valence-corrected chi connectivity index (χ1v) is 9.01. The van der Waals surface area contributed by atoms with Gasteiger partial charge in [0.05, 0.1) is 18.5 Å². The molecule has 0 saturated heterocycles. The van der Waals surface area contributed by atoms with Crippen LogP contribution in [0, 0.1) is 0 Å². The van der Waals surface area contributed by atoms with Crippen molar-refractivity contribution in [3.05, 3.63) is 83.0 Å². The summed E-state index contributed by atoms with van der Waals surface area (Å²) in [6.07, 6.45) is 4.41. The third-order valence-corrected chi connectivity index (χ3v) is 4.06. The standard InChI is InChI=1S/C21H18ClN3O3/c1-2-28-21(27)18-14-23-25(17-6-4-3-5-7-17)20(18)24-19(26)13-10-15-8-11-16(22)12-9-15/h3-14H,2H2,1H3,(H,24,26)/b13-10+. The Labute approximate surface area is 167 Å². The van der Waals surface area contributed by atoms with Crippen LogP contribution in [0.4, 0.5) is 5.82 Å². The second-order valence-electron chi connectivity index (χ2n) is 5.75. The lowest BCUT2D eigenvalue weighted by Gasteiger charge is -2.10. The van der Waals surface area contributed by atoms with Gasteiger partial charge >= 0.3 is 5.97 Å². The van der Waals surface area contributed by atoms with Crippen LogP contribution in [-0.2, 0) is 9.53 Å². The number of hydrogen-bond acceptors (Lipinski definition) is 4. The third-order valence-electron chi connectivity index (χ3n) is 3.80. The van der Waals surface area contributed by atoms with Crippen LogP contribution in [0.25, 0.3) is 11.8 Å². The minimum atomic E-state index is -0.554. The lowest BCUT2D eigenvalue weighted by atomic mass is 10.2. The minimum absolute atomic E-state index is 0.180. The molecule has 0 radical (unpaired) electrons. The fraction of sp³-hybridized carbons (Fsp3) is 0.0952. The molecular formula is C21H18ClN3O3. The molecule has 0 bridgehead atoms. The number of nitrogens with zero attached hydrogens (tertiary/aromatic N) is 2.